The molecule has 19 heteroatoms. The van der Waals surface area contributed by atoms with Crippen molar-refractivity contribution < 1.29 is 37.8 Å². The van der Waals surface area contributed by atoms with Gasteiger partial charge in [-0.25, -0.2) is 19.2 Å². The van der Waals surface area contributed by atoms with Crippen LogP contribution in [0.25, 0.3) is 11.0 Å². The second kappa shape index (κ2) is 24.2. The van der Waals surface area contributed by atoms with Gasteiger partial charge in [-0.2, -0.15) is 0 Å². The first kappa shape index (κ1) is 57.0. The number of benzene rings is 2. The minimum absolute atomic E-state index is 0.00348. The predicted octanol–water partition coefficient (Wildman–Crippen LogP) is 9.22. The fourth-order valence-corrected chi connectivity index (χ4v) is 14.4. The van der Waals surface area contributed by atoms with Gasteiger partial charge in [0.1, 0.15) is 40.8 Å². The second-order valence-electron chi connectivity index (χ2n) is 25.6. The molecule has 5 amide bonds. The third kappa shape index (κ3) is 12.7. The molecule has 2 aromatic heterocycles. The number of rotatable bonds is 16. The van der Waals surface area contributed by atoms with Crippen LogP contribution in [0.1, 0.15) is 163 Å². The van der Waals surface area contributed by atoms with Crippen molar-refractivity contribution in [1.82, 2.24) is 45.6 Å². The van der Waals surface area contributed by atoms with Crippen LogP contribution < -0.4 is 20.9 Å². The van der Waals surface area contributed by atoms with E-state index >= 15 is 4.39 Å². The topological polar surface area (TPSA) is 194 Å². The summed E-state index contributed by atoms with van der Waals surface area (Å²) in [4.78, 5) is 90.9. The van der Waals surface area contributed by atoms with Crippen LogP contribution in [0.5, 0.6) is 0 Å². The maximum absolute atomic E-state index is 16.5. The minimum atomic E-state index is -1.24. The lowest BCUT2D eigenvalue weighted by atomic mass is 9.44. The van der Waals surface area contributed by atoms with Crippen molar-refractivity contribution >= 4 is 58.2 Å². The number of likely N-dealkylation sites (tertiary alicyclic amines) is 3. The SMILES string of the molecule is CC(C)(C)OC(=O)NC1(C(=O)N[C@@H](CCN2CCC(OC3CCN(C(=O)[C@H](NC(=O)c4cccc(C5CCCN(C(=O)C67CC(C6)C7)C5)c4F)C4CCCCC4)CC3)CC2)c2ccc(Cl)cc2)CCN(c2ncnc3[nH]ccc23)CC1. The molecular weight excluding hydrogens is 1050 g/mol. The molecule has 436 valence electrons. The number of halogens is 2. The number of nitrogens with one attached hydrogen (secondary N) is 4. The molecule has 17 nitrogen and oxygen atoms in total. The number of carbonyl (C=O) groups excluding carboxylic acids is 5. The van der Waals surface area contributed by atoms with Crippen LogP contribution in [0.3, 0.4) is 0 Å². The Morgan fingerprint density at radius 3 is 2.19 bits per heavy atom. The molecule has 1 unspecified atom stereocenters. The molecule has 0 radical (unpaired) electrons. The Hall–Kier alpha value is -5.85. The molecule has 4 aliphatic heterocycles. The first-order valence-electron chi connectivity index (χ1n) is 30.2. The van der Waals surface area contributed by atoms with Gasteiger partial charge in [-0.15, -0.1) is 0 Å². The van der Waals surface area contributed by atoms with Crippen molar-refractivity contribution in [3.63, 3.8) is 0 Å². The molecular formula is C62H82ClFN10O7. The summed E-state index contributed by atoms with van der Waals surface area (Å²) in [6, 6.07) is 13.4. The van der Waals surface area contributed by atoms with Crippen molar-refractivity contribution in [3.8, 4) is 0 Å². The van der Waals surface area contributed by atoms with Gasteiger partial charge >= 0.3 is 6.09 Å². The molecule has 4 saturated carbocycles. The smallest absolute Gasteiger partial charge is 0.408 e. The van der Waals surface area contributed by atoms with E-state index in [1.54, 1.807) is 32.9 Å². The van der Waals surface area contributed by atoms with E-state index in [0.717, 1.165) is 119 Å². The zero-order chi connectivity index (χ0) is 56.5. The van der Waals surface area contributed by atoms with E-state index < -0.39 is 35.0 Å². The number of hydrogen-bond acceptors (Lipinski definition) is 11. The molecule has 8 aliphatic rings. The molecule has 6 heterocycles. The van der Waals surface area contributed by atoms with Crippen molar-refractivity contribution in [2.45, 2.75) is 171 Å². The lowest BCUT2D eigenvalue weighted by Crippen LogP contribution is -2.64. The summed E-state index contributed by atoms with van der Waals surface area (Å²) in [5.74, 6) is 0.0121. The fraction of sp³-hybridized carbons (Fsp3) is 0.629. The average molecular weight is 1130 g/mol. The second-order valence-corrected chi connectivity index (χ2v) is 26.0. The number of hydrogen-bond donors (Lipinski definition) is 4. The lowest BCUT2D eigenvalue weighted by Gasteiger charge is -2.61. The van der Waals surface area contributed by atoms with Crippen LogP contribution >= 0.6 is 11.6 Å². The molecule has 2 aromatic carbocycles. The number of amides is 5. The highest BCUT2D eigenvalue weighted by Gasteiger charge is 2.62. The number of ether oxygens (including phenoxy) is 2. The van der Waals surface area contributed by atoms with Gasteiger partial charge in [-0.05, 0) is 158 Å². The van der Waals surface area contributed by atoms with Crippen molar-refractivity contribution in [2.75, 3.05) is 63.8 Å². The average Bonchev–Trinajstić information content (AvgIpc) is 4.10. The third-order valence-electron chi connectivity index (χ3n) is 19.0. The number of anilines is 1. The quantitative estimate of drug-likeness (QED) is 0.0836. The number of nitrogens with zero attached hydrogens (tertiary/aromatic N) is 6. The number of fused-ring (bicyclic) bond motifs is 1. The molecule has 4 aliphatic carbocycles. The number of H-pyrrole nitrogens is 1. The van der Waals surface area contributed by atoms with Crippen LogP contribution in [0, 0.1) is 23.1 Å². The fourth-order valence-electron chi connectivity index (χ4n) is 14.3. The monoisotopic (exact) mass is 1130 g/mol. The van der Waals surface area contributed by atoms with Crippen LogP contribution in [0.2, 0.25) is 5.02 Å². The highest BCUT2D eigenvalue weighted by atomic mass is 35.5. The van der Waals surface area contributed by atoms with Gasteiger partial charge in [-0.1, -0.05) is 55.1 Å². The molecule has 4 N–H and O–H groups in total. The normalized spacial score (nSPS) is 24.6. The Morgan fingerprint density at radius 2 is 1.51 bits per heavy atom. The van der Waals surface area contributed by atoms with Crippen LogP contribution in [0.4, 0.5) is 15.0 Å². The zero-order valence-electron chi connectivity index (χ0n) is 47.5. The van der Waals surface area contributed by atoms with Gasteiger partial charge in [0, 0.05) is 76.0 Å². The molecule has 81 heavy (non-hydrogen) atoms. The Labute approximate surface area is 480 Å². The van der Waals surface area contributed by atoms with E-state index in [1.807, 2.05) is 46.3 Å². The number of aromatic nitrogens is 3. The van der Waals surface area contributed by atoms with E-state index in [1.165, 1.54) is 12.4 Å². The highest BCUT2D eigenvalue weighted by molar-refractivity contribution is 6.30. The van der Waals surface area contributed by atoms with Crippen LogP contribution in [-0.4, -0.2) is 148 Å². The molecule has 12 rings (SSSR count). The molecule has 0 spiro atoms. The van der Waals surface area contributed by atoms with Gasteiger partial charge in [-0.3, -0.25) is 19.2 Å². The first-order valence-corrected chi connectivity index (χ1v) is 30.6. The Balaban J connectivity index is 0.673. The number of aromatic amines is 1. The zero-order valence-corrected chi connectivity index (χ0v) is 48.3. The highest BCUT2D eigenvalue weighted by Crippen LogP contribution is 2.65. The first-order chi connectivity index (χ1) is 39.0. The van der Waals surface area contributed by atoms with Crippen molar-refractivity contribution in [2.24, 2.45) is 17.3 Å². The molecule has 4 saturated heterocycles. The summed E-state index contributed by atoms with van der Waals surface area (Å²) in [7, 11) is 0. The van der Waals surface area contributed by atoms with Crippen LogP contribution in [0.15, 0.2) is 61.1 Å². The summed E-state index contributed by atoms with van der Waals surface area (Å²) in [5, 5.41) is 11.0. The largest absolute Gasteiger partial charge is 0.444 e. The van der Waals surface area contributed by atoms with Crippen LogP contribution in [-0.2, 0) is 23.9 Å². The summed E-state index contributed by atoms with van der Waals surface area (Å²) >= 11 is 6.37. The molecule has 3 atom stereocenters. The van der Waals surface area contributed by atoms with Gasteiger partial charge in [0.15, 0.2) is 0 Å². The molecule has 2 bridgehead atoms. The summed E-state index contributed by atoms with van der Waals surface area (Å²) < 4.78 is 29.0. The summed E-state index contributed by atoms with van der Waals surface area (Å²) in [5.41, 5.74) is -0.104. The van der Waals surface area contributed by atoms with E-state index in [-0.39, 0.29) is 58.8 Å². The maximum Gasteiger partial charge on any atom is 0.408 e. The summed E-state index contributed by atoms with van der Waals surface area (Å²) in [6.07, 6.45) is 16.4. The van der Waals surface area contributed by atoms with E-state index in [0.29, 0.717) is 87.9 Å². The van der Waals surface area contributed by atoms with Crippen molar-refractivity contribution in [1.29, 1.82) is 0 Å². The molecule has 4 aromatic rings. The Morgan fingerprint density at radius 1 is 0.802 bits per heavy atom. The number of piperidine rings is 4. The van der Waals surface area contributed by atoms with Gasteiger partial charge in [0.25, 0.3) is 5.91 Å². The Bertz CT molecular complexity index is 2890. The minimum Gasteiger partial charge on any atom is -0.444 e. The Kier molecular flexibility index (Phi) is 17.0. The van der Waals surface area contributed by atoms with E-state index in [9.17, 15) is 24.0 Å². The third-order valence-corrected chi connectivity index (χ3v) is 19.2. The van der Waals surface area contributed by atoms with Gasteiger partial charge in [0.2, 0.25) is 17.7 Å². The number of alkyl carbamates (subject to hydrolysis) is 1. The lowest BCUT2D eigenvalue weighted by molar-refractivity contribution is -0.178. The predicted molar refractivity (Wildman–Crippen MR) is 307 cm³/mol. The van der Waals surface area contributed by atoms with E-state index in [4.69, 9.17) is 21.1 Å². The standard InChI is InChI=1S/C62H82ClFN10O7/c1-60(2,3)81-59(79)70-62(24-33-72(34-25-62)54-49-18-26-65-53(49)66-39-67-54)57(77)68-50(41-14-16-44(63)17-15-41)23-30-71-28-19-45(20-29-71)80-46-21-31-73(32-22-46)56(76)52(42-9-5-4-6-10-42)69-55(75)48-13-7-12-47(51(48)64)43-11-8-27-74(38-43)58(78)61-35-40(36-61)37-61/h7,12-18,26,39-40,42-43,45-46,50,52H,4-6,8-11,19-25,27-38H2,1-3H3,(H,68,77)(H,69,75)(H,70,79)(H,65,66,67)/t40?,43?,50-,52+,61?/m0/s1. The number of carbonyl (C=O) groups is 5. The maximum atomic E-state index is 16.5. The summed E-state index contributed by atoms with van der Waals surface area (Å²) in [6.45, 7) is 10.9. The van der Waals surface area contributed by atoms with E-state index in [2.05, 4.69) is 40.7 Å². The van der Waals surface area contributed by atoms with Gasteiger partial charge < -0.3 is 50.0 Å². The molecule has 8 fully saturated rings. The van der Waals surface area contributed by atoms with Crippen molar-refractivity contribution in [3.05, 3.63) is 88.6 Å². The van der Waals surface area contributed by atoms with Gasteiger partial charge in [0.05, 0.1) is 34.6 Å².